The maximum absolute atomic E-state index is 13.7. The van der Waals surface area contributed by atoms with Gasteiger partial charge in [0.05, 0.1) is 19.1 Å². The van der Waals surface area contributed by atoms with Crippen molar-refractivity contribution >= 4 is 11.6 Å². The number of carbonyl (C=O) groups excluding carboxylic acids is 1. The van der Waals surface area contributed by atoms with Gasteiger partial charge >= 0.3 is 0 Å². The molecule has 0 spiro atoms. The molecule has 132 valence electrons. The fourth-order valence-corrected chi connectivity index (χ4v) is 3.64. The second-order valence-corrected chi connectivity index (χ2v) is 6.44. The average Bonchev–Trinajstić information content (AvgIpc) is 3.13. The summed E-state index contributed by atoms with van der Waals surface area (Å²) in [6.45, 7) is -0.179. The summed E-state index contributed by atoms with van der Waals surface area (Å²) in [5.74, 6) is 0.106. The molecule has 1 aliphatic rings. The molecule has 0 bridgehead atoms. The van der Waals surface area contributed by atoms with Crippen LogP contribution in [-0.4, -0.2) is 18.1 Å². The molecule has 5 heteroatoms. The number of methoxy groups -OCH3 is 1. The van der Waals surface area contributed by atoms with E-state index in [-0.39, 0.29) is 18.3 Å². The zero-order valence-electron chi connectivity index (χ0n) is 14.2. The van der Waals surface area contributed by atoms with Gasteiger partial charge in [0.2, 0.25) is 5.91 Å². The molecule has 1 aliphatic carbocycles. The van der Waals surface area contributed by atoms with Crippen LogP contribution < -0.4 is 10.1 Å². The Morgan fingerprint density at radius 1 is 1.24 bits per heavy atom. The van der Waals surface area contributed by atoms with E-state index in [2.05, 4.69) is 5.32 Å². The van der Waals surface area contributed by atoms with Crippen molar-refractivity contribution in [3.8, 4) is 5.75 Å². The lowest BCUT2D eigenvalue weighted by molar-refractivity contribution is -0.121. The molecule has 0 aliphatic heterocycles. The Morgan fingerprint density at radius 3 is 2.64 bits per heavy atom. The number of benzene rings is 2. The van der Waals surface area contributed by atoms with Crippen molar-refractivity contribution in [1.29, 1.82) is 0 Å². The molecule has 2 N–H and O–H groups in total. The van der Waals surface area contributed by atoms with E-state index in [0.29, 0.717) is 29.8 Å². The normalized spacial score (nSPS) is 15.8. The van der Waals surface area contributed by atoms with Gasteiger partial charge in [-0.05, 0) is 48.7 Å². The summed E-state index contributed by atoms with van der Waals surface area (Å²) in [6.07, 6.45) is 3.28. The van der Waals surface area contributed by atoms with Crippen LogP contribution in [0.5, 0.6) is 5.75 Å². The number of halogens is 1. The third-order valence-corrected chi connectivity index (χ3v) is 4.98. The smallest absolute Gasteiger partial charge is 0.235 e. The average molecular weight is 343 g/mol. The number of hydrogen-bond donors (Lipinski definition) is 2. The Morgan fingerprint density at radius 2 is 2.00 bits per heavy atom. The van der Waals surface area contributed by atoms with Gasteiger partial charge < -0.3 is 15.2 Å². The first-order chi connectivity index (χ1) is 12.1. The lowest BCUT2D eigenvalue weighted by Crippen LogP contribution is -2.38. The highest BCUT2D eigenvalue weighted by molar-refractivity contribution is 5.99. The molecule has 1 saturated carbocycles. The fourth-order valence-electron chi connectivity index (χ4n) is 3.64. The number of aliphatic hydroxyl groups is 1. The van der Waals surface area contributed by atoms with E-state index in [1.807, 2.05) is 6.07 Å². The molecule has 25 heavy (non-hydrogen) atoms. The predicted molar refractivity (Wildman–Crippen MR) is 94.1 cm³/mol. The van der Waals surface area contributed by atoms with Crippen molar-refractivity contribution < 1.29 is 19.0 Å². The van der Waals surface area contributed by atoms with Gasteiger partial charge in [0.15, 0.2) is 0 Å². The van der Waals surface area contributed by atoms with Crippen LogP contribution in [0.3, 0.4) is 0 Å². The SMILES string of the molecule is COc1ccc(NC(=O)C2(c3cccc(F)c3)CCCC2)cc1CO. The first-order valence-corrected chi connectivity index (χ1v) is 8.44. The lowest BCUT2D eigenvalue weighted by atomic mass is 9.78. The number of aliphatic hydroxyl groups excluding tert-OH is 1. The number of hydrogen-bond acceptors (Lipinski definition) is 3. The molecule has 0 atom stereocenters. The number of carbonyl (C=O) groups is 1. The van der Waals surface area contributed by atoms with E-state index >= 15 is 0 Å². The molecule has 1 amide bonds. The Balaban J connectivity index is 1.90. The highest BCUT2D eigenvalue weighted by Crippen LogP contribution is 2.42. The number of anilines is 1. The number of amides is 1. The maximum atomic E-state index is 13.7. The molecule has 0 aromatic heterocycles. The standard InChI is InChI=1S/C20H22FNO3/c1-25-18-8-7-17(11-14(18)13-23)22-19(24)20(9-2-3-10-20)15-5-4-6-16(21)12-15/h4-8,11-12,23H,2-3,9-10,13H2,1H3,(H,22,24). The summed E-state index contributed by atoms with van der Waals surface area (Å²) in [5, 5.41) is 12.4. The Kier molecular flexibility index (Phi) is 5.04. The van der Waals surface area contributed by atoms with Crippen molar-refractivity contribution in [1.82, 2.24) is 0 Å². The monoisotopic (exact) mass is 343 g/mol. The number of ether oxygens (including phenoxy) is 1. The van der Waals surface area contributed by atoms with Gasteiger partial charge in [-0.3, -0.25) is 4.79 Å². The molecular formula is C20H22FNO3. The summed E-state index contributed by atoms with van der Waals surface area (Å²) in [7, 11) is 1.53. The summed E-state index contributed by atoms with van der Waals surface area (Å²) in [4.78, 5) is 13.1. The minimum Gasteiger partial charge on any atom is -0.496 e. The van der Waals surface area contributed by atoms with Crippen molar-refractivity contribution in [2.45, 2.75) is 37.7 Å². The molecule has 4 nitrogen and oxygen atoms in total. The van der Waals surface area contributed by atoms with Crippen LogP contribution in [0.4, 0.5) is 10.1 Å². The van der Waals surface area contributed by atoms with Crippen LogP contribution in [0.2, 0.25) is 0 Å². The molecule has 2 aromatic carbocycles. The molecule has 0 saturated heterocycles. The Hall–Kier alpha value is -2.40. The van der Waals surface area contributed by atoms with E-state index in [9.17, 15) is 14.3 Å². The first-order valence-electron chi connectivity index (χ1n) is 8.44. The summed E-state index contributed by atoms with van der Waals surface area (Å²) >= 11 is 0. The molecular weight excluding hydrogens is 321 g/mol. The Bertz CT molecular complexity index is 769. The number of rotatable bonds is 5. The van der Waals surface area contributed by atoms with Crippen LogP contribution in [0.1, 0.15) is 36.8 Å². The second kappa shape index (κ2) is 7.23. The molecule has 0 heterocycles. The third-order valence-electron chi connectivity index (χ3n) is 4.98. The minimum absolute atomic E-state index is 0.135. The van der Waals surface area contributed by atoms with Crippen LogP contribution >= 0.6 is 0 Å². The van der Waals surface area contributed by atoms with E-state index in [1.165, 1.54) is 19.2 Å². The molecule has 0 unspecified atom stereocenters. The van der Waals surface area contributed by atoms with E-state index in [0.717, 1.165) is 18.4 Å². The second-order valence-electron chi connectivity index (χ2n) is 6.44. The zero-order valence-corrected chi connectivity index (χ0v) is 14.2. The summed E-state index contributed by atoms with van der Waals surface area (Å²) < 4.78 is 18.9. The van der Waals surface area contributed by atoms with Gasteiger partial charge in [-0.15, -0.1) is 0 Å². The quantitative estimate of drug-likeness (QED) is 0.869. The van der Waals surface area contributed by atoms with Crippen LogP contribution in [0.25, 0.3) is 0 Å². The van der Waals surface area contributed by atoms with E-state index in [1.54, 1.807) is 24.3 Å². The predicted octanol–water partition coefficient (Wildman–Crippen LogP) is 3.78. The van der Waals surface area contributed by atoms with E-state index in [4.69, 9.17) is 4.74 Å². The molecule has 1 fully saturated rings. The minimum atomic E-state index is -0.707. The van der Waals surface area contributed by atoms with Crippen LogP contribution in [0, 0.1) is 5.82 Å². The van der Waals surface area contributed by atoms with Crippen LogP contribution in [0.15, 0.2) is 42.5 Å². The number of nitrogens with one attached hydrogen (secondary N) is 1. The van der Waals surface area contributed by atoms with Gasteiger partial charge in [-0.1, -0.05) is 25.0 Å². The van der Waals surface area contributed by atoms with Crippen LogP contribution in [-0.2, 0) is 16.8 Å². The highest BCUT2D eigenvalue weighted by atomic mass is 19.1. The van der Waals surface area contributed by atoms with E-state index < -0.39 is 5.41 Å². The molecule has 2 aromatic rings. The fraction of sp³-hybridized carbons (Fsp3) is 0.350. The zero-order chi connectivity index (χ0) is 17.9. The van der Waals surface area contributed by atoms with Gasteiger partial charge in [-0.2, -0.15) is 0 Å². The van der Waals surface area contributed by atoms with Crippen molar-refractivity contribution in [3.63, 3.8) is 0 Å². The van der Waals surface area contributed by atoms with Gasteiger partial charge in [-0.25, -0.2) is 4.39 Å². The topological polar surface area (TPSA) is 58.6 Å². The third kappa shape index (κ3) is 3.37. The summed E-state index contributed by atoms with van der Waals surface area (Å²) in [5.41, 5.74) is 1.21. The van der Waals surface area contributed by atoms with Crippen molar-refractivity contribution in [2.24, 2.45) is 0 Å². The summed E-state index contributed by atoms with van der Waals surface area (Å²) in [6, 6.07) is 11.5. The molecule has 3 rings (SSSR count). The molecule has 0 radical (unpaired) electrons. The lowest BCUT2D eigenvalue weighted by Gasteiger charge is -2.28. The van der Waals surface area contributed by atoms with Crippen molar-refractivity contribution in [3.05, 3.63) is 59.4 Å². The Labute approximate surface area is 146 Å². The van der Waals surface area contributed by atoms with Gasteiger partial charge in [0.1, 0.15) is 11.6 Å². The maximum Gasteiger partial charge on any atom is 0.235 e. The first kappa shape index (κ1) is 17.4. The van der Waals surface area contributed by atoms with Gasteiger partial charge in [0, 0.05) is 11.3 Å². The van der Waals surface area contributed by atoms with Gasteiger partial charge in [0.25, 0.3) is 0 Å². The van der Waals surface area contributed by atoms with Crippen molar-refractivity contribution in [2.75, 3.05) is 12.4 Å². The largest absolute Gasteiger partial charge is 0.496 e. The highest BCUT2D eigenvalue weighted by Gasteiger charge is 2.42.